The van der Waals surface area contributed by atoms with Gasteiger partial charge in [0.1, 0.15) is 5.76 Å². The molecule has 0 bridgehead atoms. The number of nitrogens with one attached hydrogen (secondary N) is 1. The first-order chi connectivity index (χ1) is 8.04. The predicted molar refractivity (Wildman–Crippen MR) is 62.7 cm³/mol. The summed E-state index contributed by atoms with van der Waals surface area (Å²) in [6, 6.07) is 2.16. The quantitative estimate of drug-likeness (QED) is 0.785. The Balaban J connectivity index is 2.60. The summed E-state index contributed by atoms with van der Waals surface area (Å²) in [6.45, 7) is 1.71. The van der Waals surface area contributed by atoms with Crippen molar-refractivity contribution in [3.63, 3.8) is 0 Å². The standard InChI is InChI=1S/C11H15NO4S/c1-7-3-4-9(16-7)10(13)12-8(11(14)15)5-6-17-2/h3-4,8H,5-6H2,1-2H3,(H,12,13)(H,14,15)/p-1/t8-/m1/s1. The second-order valence-electron chi connectivity index (χ2n) is 3.54. The van der Waals surface area contributed by atoms with Crippen molar-refractivity contribution in [2.75, 3.05) is 12.0 Å². The lowest BCUT2D eigenvalue weighted by molar-refractivity contribution is -0.308. The smallest absolute Gasteiger partial charge is 0.287 e. The van der Waals surface area contributed by atoms with Gasteiger partial charge in [0.15, 0.2) is 5.76 Å². The number of hydrogen-bond acceptors (Lipinski definition) is 5. The van der Waals surface area contributed by atoms with Crippen molar-refractivity contribution in [3.05, 3.63) is 23.7 Å². The Morgan fingerprint density at radius 3 is 2.71 bits per heavy atom. The van der Waals surface area contributed by atoms with Crippen LogP contribution in [0, 0.1) is 6.92 Å². The average Bonchev–Trinajstić information content (AvgIpc) is 2.70. The summed E-state index contributed by atoms with van der Waals surface area (Å²) in [5, 5.41) is 13.2. The molecule has 0 unspecified atom stereocenters. The van der Waals surface area contributed by atoms with E-state index in [-0.39, 0.29) is 5.76 Å². The summed E-state index contributed by atoms with van der Waals surface area (Å²) < 4.78 is 5.10. The molecule has 0 aliphatic heterocycles. The molecule has 1 heterocycles. The highest BCUT2D eigenvalue weighted by atomic mass is 32.2. The number of furan rings is 1. The van der Waals surface area contributed by atoms with Crippen molar-refractivity contribution < 1.29 is 19.1 Å². The molecule has 5 nitrogen and oxygen atoms in total. The molecule has 0 radical (unpaired) electrons. The first-order valence-electron chi connectivity index (χ1n) is 5.11. The van der Waals surface area contributed by atoms with E-state index < -0.39 is 17.9 Å². The molecule has 17 heavy (non-hydrogen) atoms. The molecule has 0 saturated heterocycles. The zero-order chi connectivity index (χ0) is 12.8. The van der Waals surface area contributed by atoms with Gasteiger partial charge in [-0.15, -0.1) is 0 Å². The van der Waals surface area contributed by atoms with Crippen molar-refractivity contribution in [2.45, 2.75) is 19.4 Å². The Morgan fingerprint density at radius 2 is 2.24 bits per heavy atom. The number of carbonyl (C=O) groups is 2. The summed E-state index contributed by atoms with van der Waals surface area (Å²) in [6.07, 6.45) is 2.19. The van der Waals surface area contributed by atoms with Gasteiger partial charge in [-0.25, -0.2) is 0 Å². The Kier molecular flexibility index (Phi) is 5.09. The molecule has 1 aromatic heterocycles. The molecule has 0 aliphatic rings. The first-order valence-corrected chi connectivity index (χ1v) is 6.51. The van der Waals surface area contributed by atoms with Crippen LogP contribution in [-0.4, -0.2) is 29.9 Å². The van der Waals surface area contributed by atoms with E-state index in [1.807, 2.05) is 6.26 Å². The van der Waals surface area contributed by atoms with Crippen LogP contribution in [0.1, 0.15) is 22.7 Å². The van der Waals surface area contributed by atoms with Gasteiger partial charge >= 0.3 is 0 Å². The molecule has 0 saturated carbocycles. The van der Waals surface area contributed by atoms with Crippen LogP contribution in [0.5, 0.6) is 0 Å². The van der Waals surface area contributed by atoms with Crippen LogP contribution in [-0.2, 0) is 4.79 Å². The zero-order valence-electron chi connectivity index (χ0n) is 9.69. The largest absolute Gasteiger partial charge is 0.548 e. The van der Waals surface area contributed by atoms with E-state index in [1.54, 1.807) is 13.0 Å². The van der Waals surface area contributed by atoms with Gasteiger partial charge in [-0.1, -0.05) is 0 Å². The molecule has 0 fully saturated rings. The predicted octanol–water partition coefficient (Wildman–Crippen LogP) is 0.189. The minimum atomic E-state index is -1.28. The second-order valence-corrected chi connectivity index (χ2v) is 4.52. The minimum Gasteiger partial charge on any atom is -0.548 e. The van der Waals surface area contributed by atoms with Gasteiger partial charge in [0.2, 0.25) is 0 Å². The summed E-state index contributed by atoms with van der Waals surface area (Å²) in [4.78, 5) is 22.4. The minimum absolute atomic E-state index is 0.109. The summed E-state index contributed by atoms with van der Waals surface area (Å²) in [5.74, 6) is -0.470. The Labute approximate surface area is 104 Å². The highest BCUT2D eigenvalue weighted by molar-refractivity contribution is 7.98. The molecule has 0 aliphatic carbocycles. The molecule has 1 rings (SSSR count). The van der Waals surface area contributed by atoms with Crippen molar-refractivity contribution in [1.82, 2.24) is 5.32 Å². The van der Waals surface area contributed by atoms with Gasteiger partial charge in [-0.05, 0) is 37.5 Å². The molecule has 6 heteroatoms. The van der Waals surface area contributed by atoms with Gasteiger partial charge in [0, 0.05) is 0 Å². The lowest BCUT2D eigenvalue weighted by atomic mass is 10.2. The van der Waals surface area contributed by atoms with Gasteiger partial charge in [0.05, 0.1) is 12.0 Å². The number of carboxylic acids is 1. The number of carboxylic acid groups (broad SMARTS) is 1. The number of rotatable bonds is 6. The number of amides is 1. The van der Waals surface area contributed by atoms with Gasteiger partial charge in [0.25, 0.3) is 5.91 Å². The van der Waals surface area contributed by atoms with Gasteiger partial charge < -0.3 is 19.6 Å². The summed E-state index contributed by atoms with van der Waals surface area (Å²) >= 11 is 1.51. The summed E-state index contributed by atoms with van der Waals surface area (Å²) in [5.41, 5.74) is 0. The van der Waals surface area contributed by atoms with E-state index >= 15 is 0 Å². The van der Waals surface area contributed by atoms with Crippen LogP contribution in [0.15, 0.2) is 16.5 Å². The number of aliphatic carboxylic acids is 1. The number of carbonyl (C=O) groups excluding carboxylic acids is 2. The molecule has 1 amide bonds. The maximum absolute atomic E-state index is 11.6. The van der Waals surface area contributed by atoms with Crippen molar-refractivity contribution in [1.29, 1.82) is 0 Å². The third-order valence-electron chi connectivity index (χ3n) is 2.16. The van der Waals surface area contributed by atoms with Gasteiger partial charge in [-0.3, -0.25) is 4.79 Å². The molecular weight excluding hydrogens is 242 g/mol. The monoisotopic (exact) mass is 256 g/mol. The van der Waals surface area contributed by atoms with E-state index in [2.05, 4.69) is 5.32 Å². The Bertz CT molecular complexity index is 402. The molecule has 94 valence electrons. The fourth-order valence-corrected chi connectivity index (χ4v) is 1.74. The molecule has 1 N–H and O–H groups in total. The van der Waals surface area contributed by atoms with E-state index in [0.717, 1.165) is 0 Å². The lowest BCUT2D eigenvalue weighted by Gasteiger charge is -2.18. The van der Waals surface area contributed by atoms with Crippen LogP contribution in [0.3, 0.4) is 0 Å². The maximum atomic E-state index is 11.6. The van der Waals surface area contributed by atoms with E-state index in [1.165, 1.54) is 17.8 Å². The number of aryl methyl sites for hydroxylation is 1. The molecule has 0 spiro atoms. The highest BCUT2D eigenvalue weighted by Gasteiger charge is 2.16. The van der Waals surface area contributed by atoms with E-state index in [4.69, 9.17) is 4.42 Å². The molecule has 1 aromatic rings. The molecular formula is C11H14NO4S-. The van der Waals surface area contributed by atoms with Crippen LogP contribution < -0.4 is 10.4 Å². The fourth-order valence-electron chi connectivity index (χ4n) is 1.27. The number of thioether (sulfide) groups is 1. The zero-order valence-corrected chi connectivity index (χ0v) is 10.5. The maximum Gasteiger partial charge on any atom is 0.287 e. The highest BCUT2D eigenvalue weighted by Crippen LogP contribution is 2.07. The Hall–Kier alpha value is -1.43. The third-order valence-corrected chi connectivity index (χ3v) is 2.81. The second kappa shape index (κ2) is 6.34. The number of hydrogen-bond donors (Lipinski definition) is 1. The Morgan fingerprint density at radius 1 is 1.53 bits per heavy atom. The normalized spacial score (nSPS) is 12.1. The van der Waals surface area contributed by atoms with Crippen LogP contribution >= 0.6 is 11.8 Å². The van der Waals surface area contributed by atoms with E-state index in [9.17, 15) is 14.7 Å². The van der Waals surface area contributed by atoms with Crippen LogP contribution in [0.4, 0.5) is 0 Å². The third kappa shape index (κ3) is 4.14. The van der Waals surface area contributed by atoms with E-state index in [0.29, 0.717) is 17.9 Å². The first kappa shape index (κ1) is 13.6. The van der Waals surface area contributed by atoms with Crippen molar-refractivity contribution in [2.24, 2.45) is 0 Å². The fraction of sp³-hybridized carbons (Fsp3) is 0.455. The average molecular weight is 256 g/mol. The van der Waals surface area contributed by atoms with Crippen LogP contribution in [0.25, 0.3) is 0 Å². The summed E-state index contributed by atoms with van der Waals surface area (Å²) in [7, 11) is 0. The van der Waals surface area contributed by atoms with Crippen molar-refractivity contribution in [3.8, 4) is 0 Å². The molecule has 1 atom stereocenters. The van der Waals surface area contributed by atoms with Crippen LogP contribution in [0.2, 0.25) is 0 Å². The lowest BCUT2D eigenvalue weighted by Crippen LogP contribution is -2.48. The molecule has 0 aromatic carbocycles. The SMILES string of the molecule is CSCC[C@@H](NC(=O)c1ccc(C)o1)C(=O)[O-]. The van der Waals surface area contributed by atoms with Gasteiger partial charge in [-0.2, -0.15) is 11.8 Å². The van der Waals surface area contributed by atoms with Crippen molar-refractivity contribution >= 4 is 23.6 Å². The topological polar surface area (TPSA) is 82.4 Å².